The van der Waals surface area contributed by atoms with Crippen LogP contribution in [0.25, 0.3) is 0 Å². The molecule has 0 aromatic carbocycles. The van der Waals surface area contributed by atoms with E-state index in [1.165, 1.54) is 6.92 Å². The molecular formula is C11H21NO4. The van der Waals surface area contributed by atoms with Crippen LogP contribution in [0.3, 0.4) is 0 Å². The molecule has 0 aromatic heterocycles. The molecule has 5 heteroatoms. The third-order valence-electron chi connectivity index (χ3n) is 2.92. The monoisotopic (exact) mass is 231 g/mol. The maximum absolute atomic E-state index is 10.7. The number of likely N-dealkylation sites (N-methyl/N-ethyl adjacent to an activating group) is 1. The van der Waals surface area contributed by atoms with Crippen LogP contribution in [-0.2, 0) is 14.3 Å². The maximum atomic E-state index is 10.7. The smallest absolute Gasteiger partial charge is 0.302 e. The first-order valence-electron chi connectivity index (χ1n) is 5.55. The number of ether oxygens (including phenoxy) is 2. The van der Waals surface area contributed by atoms with Gasteiger partial charge in [-0.15, -0.1) is 0 Å². The van der Waals surface area contributed by atoms with Gasteiger partial charge in [-0.3, -0.25) is 4.79 Å². The molecule has 0 aliphatic carbocycles. The highest BCUT2D eigenvalue weighted by atomic mass is 16.6. The van der Waals surface area contributed by atoms with Crippen molar-refractivity contribution in [3.63, 3.8) is 0 Å². The van der Waals surface area contributed by atoms with Gasteiger partial charge < -0.3 is 19.5 Å². The molecule has 1 heterocycles. The van der Waals surface area contributed by atoms with E-state index < -0.39 is 6.10 Å². The van der Waals surface area contributed by atoms with E-state index in [1.54, 1.807) is 0 Å². The fourth-order valence-corrected chi connectivity index (χ4v) is 2.00. The van der Waals surface area contributed by atoms with Crippen molar-refractivity contribution in [2.75, 3.05) is 20.7 Å². The topological polar surface area (TPSA) is 59.0 Å². The lowest BCUT2D eigenvalue weighted by Crippen LogP contribution is -2.53. The Morgan fingerprint density at radius 3 is 2.69 bits per heavy atom. The van der Waals surface area contributed by atoms with Crippen LogP contribution in [0.15, 0.2) is 0 Å². The first-order valence-corrected chi connectivity index (χ1v) is 5.55. The summed E-state index contributed by atoms with van der Waals surface area (Å²) in [6, 6.07) is 0.0457. The zero-order chi connectivity index (χ0) is 12.3. The van der Waals surface area contributed by atoms with Gasteiger partial charge >= 0.3 is 5.97 Å². The minimum absolute atomic E-state index is 0.0457. The largest absolute Gasteiger partial charge is 0.463 e. The molecule has 0 aromatic rings. The Kier molecular flexibility index (Phi) is 4.70. The molecule has 4 atom stereocenters. The molecule has 0 radical (unpaired) electrons. The van der Waals surface area contributed by atoms with E-state index >= 15 is 0 Å². The molecule has 0 unspecified atom stereocenters. The lowest BCUT2D eigenvalue weighted by atomic mass is 9.95. The van der Waals surface area contributed by atoms with Crippen LogP contribution in [0, 0.1) is 0 Å². The molecule has 0 amide bonds. The lowest BCUT2D eigenvalue weighted by molar-refractivity contribution is -0.167. The Morgan fingerprint density at radius 2 is 2.19 bits per heavy atom. The van der Waals surface area contributed by atoms with Gasteiger partial charge in [-0.05, 0) is 27.4 Å². The van der Waals surface area contributed by atoms with E-state index in [-0.39, 0.29) is 30.8 Å². The van der Waals surface area contributed by atoms with Crippen LogP contribution in [0.5, 0.6) is 0 Å². The fourth-order valence-electron chi connectivity index (χ4n) is 2.00. The summed E-state index contributed by atoms with van der Waals surface area (Å²) in [4.78, 5) is 12.7. The molecule has 1 fully saturated rings. The molecule has 0 saturated carbocycles. The first-order chi connectivity index (χ1) is 7.41. The molecule has 1 N–H and O–H groups in total. The highest BCUT2D eigenvalue weighted by molar-refractivity contribution is 5.65. The van der Waals surface area contributed by atoms with Gasteiger partial charge in [0.1, 0.15) is 6.61 Å². The van der Waals surface area contributed by atoms with Crippen molar-refractivity contribution in [2.24, 2.45) is 0 Å². The van der Waals surface area contributed by atoms with E-state index in [9.17, 15) is 9.90 Å². The maximum Gasteiger partial charge on any atom is 0.302 e. The molecule has 1 rings (SSSR count). The minimum Gasteiger partial charge on any atom is -0.463 e. The average molecular weight is 231 g/mol. The van der Waals surface area contributed by atoms with Gasteiger partial charge in [0.15, 0.2) is 0 Å². The number of hydrogen-bond acceptors (Lipinski definition) is 5. The van der Waals surface area contributed by atoms with Gasteiger partial charge in [0.05, 0.1) is 18.3 Å². The standard InChI is InChI=1S/C11H21NO4/c1-7-11(14)10(12(3)4)5-9(16-7)6-15-8(2)13/h7,9-11,14H,5-6H2,1-4H3/t7-,9-,10-,11-/m0/s1. The number of nitrogens with zero attached hydrogens (tertiary/aromatic N) is 1. The summed E-state index contributed by atoms with van der Waals surface area (Å²) < 4.78 is 10.5. The van der Waals surface area contributed by atoms with Crippen LogP contribution in [0.2, 0.25) is 0 Å². The van der Waals surface area contributed by atoms with Crippen LogP contribution < -0.4 is 0 Å². The van der Waals surface area contributed by atoms with Crippen molar-refractivity contribution in [3.8, 4) is 0 Å². The molecule has 5 nitrogen and oxygen atoms in total. The number of aliphatic hydroxyl groups excluding tert-OH is 1. The Balaban J connectivity index is 2.53. The second kappa shape index (κ2) is 5.61. The fraction of sp³-hybridized carbons (Fsp3) is 0.909. The molecule has 1 aliphatic heterocycles. The summed E-state index contributed by atoms with van der Waals surface area (Å²) in [6.07, 6.45) is -0.189. The van der Waals surface area contributed by atoms with Crippen LogP contribution in [0.4, 0.5) is 0 Å². The highest BCUT2D eigenvalue weighted by Gasteiger charge is 2.36. The number of carbonyl (C=O) groups excluding carboxylic acids is 1. The van der Waals surface area contributed by atoms with Crippen molar-refractivity contribution in [2.45, 2.75) is 44.6 Å². The van der Waals surface area contributed by atoms with Gasteiger partial charge in [0.2, 0.25) is 0 Å². The number of carbonyl (C=O) groups is 1. The average Bonchev–Trinajstić information content (AvgIpc) is 2.19. The van der Waals surface area contributed by atoms with Crippen molar-refractivity contribution >= 4 is 5.97 Å². The second-order valence-electron chi connectivity index (χ2n) is 4.52. The van der Waals surface area contributed by atoms with Gasteiger partial charge in [-0.2, -0.15) is 0 Å². The number of aliphatic hydroxyl groups is 1. The van der Waals surface area contributed by atoms with Crippen LogP contribution >= 0.6 is 0 Å². The zero-order valence-corrected chi connectivity index (χ0v) is 10.3. The quantitative estimate of drug-likeness (QED) is 0.694. The highest BCUT2D eigenvalue weighted by Crippen LogP contribution is 2.23. The van der Waals surface area contributed by atoms with Crippen molar-refractivity contribution in [3.05, 3.63) is 0 Å². The first kappa shape index (κ1) is 13.4. The molecule has 94 valence electrons. The van der Waals surface area contributed by atoms with Gasteiger partial charge in [0.25, 0.3) is 0 Å². The van der Waals surface area contributed by atoms with Gasteiger partial charge in [-0.1, -0.05) is 0 Å². The third-order valence-corrected chi connectivity index (χ3v) is 2.92. The Labute approximate surface area is 96.3 Å². The molecular weight excluding hydrogens is 210 g/mol. The predicted molar refractivity (Wildman–Crippen MR) is 59.1 cm³/mol. The molecule has 1 saturated heterocycles. The Bertz CT molecular complexity index is 244. The van der Waals surface area contributed by atoms with Gasteiger partial charge in [0, 0.05) is 13.0 Å². The van der Waals surface area contributed by atoms with Crippen molar-refractivity contribution < 1.29 is 19.4 Å². The lowest BCUT2D eigenvalue weighted by Gasteiger charge is -2.40. The summed E-state index contributed by atoms with van der Waals surface area (Å²) in [6.45, 7) is 3.47. The van der Waals surface area contributed by atoms with E-state index in [0.29, 0.717) is 6.42 Å². The molecule has 16 heavy (non-hydrogen) atoms. The zero-order valence-electron chi connectivity index (χ0n) is 10.3. The number of rotatable bonds is 3. The Hall–Kier alpha value is -0.650. The molecule has 0 spiro atoms. The number of hydrogen-bond donors (Lipinski definition) is 1. The van der Waals surface area contributed by atoms with E-state index in [2.05, 4.69) is 0 Å². The van der Waals surface area contributed by atoms with E-state index in [1.807, 2.05) is 25.9 Å². The van der Waals surface area contributed by atoms with E-state index in [4.69, 9.17) is 9.47 Å². The molecule has 1 aliphatic rings. The van der Waals surface area contributed by atoms with Crippen LogP contribution in [-0.4, -0.2) is 61.0 Å². The van der Waals surface area contributed by atoms with Gasteiger partial charge in [-0.25, -0.2) is 0 Å². The normalized spacial score (nSPS) is 35.1. The van der Waals surface area contributed by atoms with Crippen LogP contribution in [0.1, 0.15) is 20.3 Å². The summed E-state index contributed by atoms with van der Waals surface area (Å²) in [5, 5.41) is 9.93. The summed E-state index contributed by atoms with van der Waals surface area (Å²) in [5.74, 6) is -0.302. The summed E-state index contributed by atoms with van der Waals surface area (Å²) in [7, 11) is 3.85. The summed E-state index contributed by atoms with van der Waals surface area (Å²) in [5.41, 5.74) is 0. The minimum atomic E-state index is -0.497. The summed E-state index contributed by atoms with van der Waals surface area (Å²) >= 11 is 0. The van der Waals surface area contributed by atoms with E-state index in [0.717, 1.165) is 0 Å². The molecule has 0 bridgehead atoms. The SMILES string of the molecule is CC(=O)OC[C@@H]1C[C@H](N(C)C)[C@@H](O)[C@H](C)O1. The number of esters is 1. The predicted octanol–water partition coefficient (Wildman–Crippen LogP) is 0.0180. The second-order valence-corrected chi connectivity index (χ2v) is 4.52. The third kappa shape index (κ3) is 3.43. The van der Waals surface area contributed by atoms with Crippen molar-refractivity contribution in [1.82, 2.24) is 4.90 Å². The van der Waals surface area contributed by atoms with Crippen molar-refractivity contribution in [1.29, 1.82) is 0 Å². The Morgan fingerprint density at radius 1 is 1.56 bits per heavy atom.